The summed E-state index contributed by atoms with van der Waals surface area (Å²) in [7, 11) is 0. The second kappa shape index (κ2) is 6.26. The minimum atomic E-state index is 1.26. The van der Waals surface area contributed by atoms with Crippen LogP contribution < -0.4 is 0 Å². The van der Waals surface area contributed by atoms with E-state index >= 15 is 0 Å². The van der Waals surface area contributed by atoms with Crippen molar-refractivity contribution in [3.8, 4) is 22.3 Å². The van der Waals surface area contributed by atoms with E-state index in [0.717, 1.165) is 0 Å². The molecule has 0 fully saturated rings. The molecule has 0 N–H and O–H groups in total. The van der Waals surface area contributed by atoms with Gasteiger partial charge in [-0.15, -0.1) is 0 Å². The SMILES string of the molecule is Ic1cccc(-c2ccccc2-c2cccc(I)c2)c1. The number of halogens is 2. The van der Waals surface area contributed by atoms with Crippen LogP contribution in [0.25, 0.3) is 22.3 Å². The minimum Gasteiger partial charge on any atom is -0.0616 e. The third kappa shape index (κ3) is 3.06. The highest BCUT2D eigenvalue weighted by Crippen LogP contribution is 2.33. The molecule has 3 aromatic carbocycles. The molecule has 0 saturated heterocycles. The van der Waals surface area contributed by atoms with E-state index in [1.807, 2.05) is 0 Å². The van der Waals surface area contributed by atoms with Crippen molar-refractivity contribution >= 4 is 45.2 Å². The molecule has 0 aliphatic heterocycles. The lowest BCUT2D eigenvalue weighted by atomic mass is 9.95. The van der Waals surface area contributed by atoms with E-state index in [1.54, 1.807) is 0 Å². The molecule has 0 bridgehead atoms. The average Bonchev–Trinajstić information content (AvgIpc) is 2.47. The molecule has 0 aliphatic rings. The van der Waals surface area contributed by atoms with Crippen molar-refractivity contribution < 1.29 is 0 Å². The van der Waals surface area contributed by atoms with Gasteiger partial charge >= 0.3 is 0 Å². The van der Waals surface area contributed by atoms with Crippen LogP contribution in [0.3, 0.4) is 0 Å². The maximum atomic E-state index is 2.36. The molecule has 0 nitrogen and oxygen atoms in total. The Morgan fingerprint density at radius 3 is 1.35 bits per heavy atom. The highest BCUT2D eigenvalue weighted by atomic mass is 127. The Balaban J connectivity index is 2.18. The summed E-state index contributed by atoms with van der Waals surface area (Å²) >= 11 is 4.73. The summed E-state index contributed by atoms with van der Waals surface area (Å²) in [4.78, 5) is 0. The largest absolute Gasteiger partial charge is 0.0616 e. The lowest BCUT2D eigenvalue weighted by Gasteiger charge is -2.11. The van der Waals surface area contributed by atoms with E-state index in [0.29, 0.717) is 0 Å². The van der Waals surface area contributed by atoms with Crippen LogP contribution in [0.15, 0.2) is 72.8 Å². The van der Waals surface area contributed by atoms with Crippen LogP contribution in [0.1, 0.15) is 0 Å². The van der Waals surface area contributed by atoms with Crippen molar-refractivity contribution in [1.82, 2.24) is 0 Å². The van der Waals surface area contributed by atoms with Gasteiger partial charge in [0.1, 0.15) is 0 Å². The Morgan fingerprint density at radius 2 is 0.950 bits per heavy atom. The molecule has 0 unspecified atom stereocenters. The van der Waals surface area contributed by atoms with Gasteiger partial charge in [-0.25, -0.2) is 0 Å². The summed E-state index contributed by atoms with van der Waals surface area (Å²) in [6.45, 7) is 0. The minimum absolute atomic E-state index is 1.26. The predicted octanol–water partition coefficient (Wildman–Crippen LogP) is 6.23. The lowest BCUT2D eigenvalue weighted by Crippen LogP contribution is -1.86. The molecule has 0 radical (unpaired) electrons. The van der Waals surface area contributed by atoms with E-state index in [2.05, 4.69) is 118 Å². The molecule has 3 rings (SSSR count). The molecule has 0 atom stereocenters. The monoisotopic (exact) mass is 482 g/mol. The van der Waals surface area contributed by atoms with Crippen LogP contribution in [0, 0.1) is 7.14 Å². The van der Waals surface area contributed by atoms with E-state index in [-0.39, 0.29) is 0 Å². The molecule has 0 saturated carbocycles. The van der Waals surface area contributed by atoms with Gasteiger partial charge in [0.15, 0.2) is 0 Å². The highest BCUT2D eigenvalue weighted by Gasteiger charge is 2.07. The molecule has 98 valence electrons. The Labute approximate surface area is 146 Å². The summed E-state index contributed by atoms with van der Waals surface area (Å²) in [6, 6.07) is 25.9. The van der Waals surface area contributed by atoms with Crippen LogP contribution in [0.5, 0.6) is 0 Å². The molecule has 0 spiro atoms. The third-order valence-electron chi connectivity index (χ3n) is 3.20. The number of rotatable bonds is 2. The molecule has 3 aromatic rings. The normalized spacial score (nSPS) is 10.5. The summed E-state index contributed by atoms with van der Waals surface area (Å²) in [5.41, 5.74) is 5.11. The van der Waals surface area contributed by atoms with E-state index in [1.165, 1.54) is 29.4 Å². The zero-order valence-electron chi connectivity index (χ0n) is 10.7. The number of benzene rings is 3. The second-order valence-electron chi connectivity index (χ2n) is 4.57. The van der Waals surface area contributed by atoms with Gasteiger partial charge in [0, 0.05) is 7.14 Å². The van der Waals surface area contributed by atoms with Gasteiger partial charge < -0.3 is 0 Å². The van der Waals surface area contributed by atoms with Gasteiger partial charge in [-0.1, -0.05) is 48.5 Å². The van der Waals surface area contributed by atoms with Gasteiger partial charge in [-0.05, 0) is 91.7 Å². The van der Waals surface area contributed by atoms with Crippen LogP contribution in [-0.4, -0.2) is 0 Å². The van der Waals surface area contributed by atoms with Crippen LogP contribution in [0.2, 0.25) is 0 Å². The van der Waals surface area contributed by atoms with E-state index in [4.69, 9.17) is 0 Å². The van der Waals surface area contributed by atoms with Crippen LogP contribution in [-0.2, 0) is 0 Å². The first-order valence-electron chi connectivity index (χ1n) is 6.35. The van der Waals surface area contributed by atoms with Crippen molar-refractivity contribution in [3.63, 3.8) is 0 Å². The smallest absolute Gasteiger partial charge is 0.0136 e. The summed E-state index contributed by atoms with van der Waals surface area (Å²) < 4.78 is 2.52. The van der Waals surface area contributed by atoms with Gasteiger partial charge in [0.05, 0.1) is 0 Å². The molecular weight excluding hydrogens is 470 g/mol. The van der Waals surface area contributed by atoms with E-state index < -0.39 is 0 Å². The lowest BCUT2D eigenvalue weighted by molar-refractivity contribution is 1.55. The number of hydrogen-bond donors (Lipinski definition) is 0. The highest BCUT2D eigenvalue weighted by molar-refractivity contribution is 14.1. The van der Waals surface area contributed by atoms with Crippen LogP contribution >= 0.6 is 45.2 Å². The van der Waals surface area contributed by atoms with Crippen molar-refractivity contribution in [2.45, 2.75) is 0 Å². The van der Waals surface area contributed by atoms with E-state index in [9.17, 15) is 0 Å². The first kappa shape index (κ1) is 14.1. The molecule has 0 aliphatic carbocycles. The summed E-state index contributed by atoms with van der Waals surface area (Å²) in [6.07, 6.45) is 0. The standard InChI is InChI=1S/C18H12I2/c19-15-7-3-5-13(11-15)17-9-1-2-10-18(17)14-6-4-8-16(20)12-14/h1-12H. The Morgan fingerprint density at radius 1 is 0.500 bits per heavy atom. The maximum absolute atomic E-state index is 2.36. The van der Waals surface area contributed by atoms with Crippen LogP contribution in [0.4, 0.5) is 0 Å². The number of hydrogen-bond acceptors (Lipinski definition) is 0. The average molecular weight is 482 g/mol. The predicted molar refractivity (Wildman–Crippen MR) is 103 cm³/mol. The Kier molecular flexibility index (Phi) is 4.41. The van der Waals surface area contributed by atoms with Crippen molar-refractivity contribution in [2.24, 2.45) is 0 Å². The molecule has 2 heteroatoms. The van der Waals surface area contributed by atoms with Gasteiger partial charge in [0.2, 0.25) is 0 Å². The Hall–Kier alpha value is -0.880. The quantitative estimate of drug-likeness (QED) is 0.380. The third-order valence-corrected chi connectivity index (χ3v) is 4.54. The fourth-order valence-corrected chi connectivity index (χ4v) is 3.38. The fraction of sp³-hybridized carbons (Fsp3) is 0. The molecule has 0 amide bonds. The fourth-order valence-electron chi connectivity index (χ4n) is 2.30. The van der Waals surface area contributed by atoms with Gasteiger partial charge in [-0.2, -0.15) is 0 Å². The molecule has 20 heavy (non-hydrogen) atoms. The topological polar surface area (TPSA) is 0 Å². The zero-order chi connectivity index (χ0) is 13.9. The maximum Gasteiger partial charge on any atom is 0.0136 e. The summed E-state index contributed by atoms with van der Waals surface area (Å²) in [5.74, 6) is 0. The molecular formula is C18H12I2. The van der Waals surface area contributed by atoms with Gasteiger partial charge in [0.25, 0.3) is 0 Å². The van der Waals surface area contributed by atoms with Gasteiger partial charge in [-0.3, -0.25) is 0 Å². The second-order valence-corrected chi connectivity index (χ2v) is 7.06. The molecule has 0 heterocycles. The van der Waals surface area contributed by atoms with Crippen molar-refractivity contribution in [3.05, 3.63) is 79.9 Å². The Bertz CT molecular complexity index is 683. The first-order valence-corrected chi connectivity index (χ1v) is 8.51. The van der Waals surface area contributed by atoms with Crippen molar-refractivity contribution in [1.29, 1.82) is 0 Å². The molecule has 0 aromatic heterocycles. The van der Waals surface area contributed by atoms with Crippen molar-refractivity contribution in [2.75, 3.05) is 0 Å². The zero-order valence-corrected chi connectivity index (χ0v) is 15.0. The summed E-state index contributed by atoms with van der Waals surface area (Å²) in [5, 5.41) is 0. The first-order chi connectivity index (χ1) is 9.74.